The van der Waals surface area contributed by atoms with Crippen molar-refractivity contribution >= 4 is 70.3 Å². The standard InChI is InChI=1S/C72H104F2N2O4S3/c1-7-11-15-19-23-25-29-33-37-55(35-31-27-21-17-13-9-3)51-79-45-43-75-54(6)66-67(72(75)78)68(76(71(66)77)44-46-80-52-56(36-32-28-22-18-14-10-4)38-34-30-26-24-20-16-12-8-2)59-42-41-58(48-61(59)74)63-50-65-70(83-63)69-64(81-65)49-62(82-69)57-40-39-53(5)60(73)47-57/h39-42,47-50,55-56H,7-38,43-46,51-52H2,1-6H3. The van der Waals surface area contributed by atoms with Crippen LogP contribution in [0.5, 0.6) is 0 Å². The van der Waals surface area contributed by atoms with Gasteiger partial charge in [0.1, 0.15) is 11.6 Å². The molecule has 0 N–H and O–H groups in total. The van der Waals surface area contributed by atoms with Gasteiger partial charge >= 0.3 is 0 Å². The lowest BCUT2D eigenvalue weighted by Gasteiger charge is -2.25. The highest BCUT2D eigenvalue weighted by molar-refractivity contribution is 7.40. The van der Waals surface area contributed by atoms with E-state index in [1.807, 2.05) is 25.1 Å². The molecular formula is C72H104F2N2O4S3. The van der Waals surface area contributed by atoms with E-state index in [0.717, 1.165) is 52.5 Å². The van der Waals surface area contributed by atoms with Gasteiger partial charge in [0, 0.05) is 56.7 Å². The molecule has 0 bridgehead atoms. The van der Waals surface area contributed by atoms with Crippen LogP contribution in [0.2, 0.25) is 0 Å². The molecule has 0 fully saturated rings. The largest absolute Gasteiger partial charge is 0.379 e. The molecule has 458 valence electrons. The first kappa shape index (κ1) is 66.8. The van der Waals surface area contributed by atoms with Crippen LogP contribution in [0.15, 0.2) is 65.4 Å². The van der Waals surface area contributed by atoms with Crippen LogP contribution < -0.4 is 0 Å². The topological polar surface area (TPSA) is 59.1 Å². The van der Waals surface area contributed by atoms with Crippen molar-refractivity contribution in [1.29, 1.82) is 0 Å². The Kier molecular flexibility index (Phi) is 29.3. The number of unbranched alkanes of at least 4 members (excludes halogenated alkanes) is 24. The summed E-state index contributed by atoms with van der Waals surface area (Å²) in [6.07, 6.45) is 40.7. The molecule has 0 radical (unpaired) electrons. The zero-order valence-corrected chi connectivity index (χ0v) is 54.6. The van der Waals surface area contributed by atoms with Crippen molar-refractivity contribution in [2.75, 3.05) is 39.5 Å². The van der Waals surface area contributed by atoms with Crippen molar-refractivity contribution in [2.45, 2.75) is 247 Å². The number of rotatable bonds is 45. The maximum Gasteiger partial charge on any atom is 0.261 e. The van der Waals surface area contributed by atoms with E-state index in [9.17, 15) is 14.0 Å². The second kappa shape index (κ2) is 36.4. The van der Waals surface area contributed by atoms with Crippen LogP contribution in [0.1, 0.15) is 251 Å². The zero-order chi connectivity index (χ0) is 58.8. The van der Waals surface area contributed by atoms with E-state index in [1.54, 1.807) is 68.9 Å². The van der Waals surface area contributed by atoms with Crippen molar-refractivity contribution < 1.29 is 27.8 Å². The summed E-state index contributed by atoms with van der Waals surface area (Å²) in [5.74, 6) is -0.271. The fourth-order valence-corrected chi connectivity index (χ4v) is 16.6. The van der Waals surface area contributed by atoms with Crippen LogP contribution in [0, 0.1) is 30.4 Å². The van der Waals surface area contributed by atoms with E-state index in [2.05, 4.69) is 39.8 Å². The summed E-state index contributed by atoms with van der Waals surface area (Å²) < 4.78 is 49.4. The van der Waals surface area contributed by atoms with E-state index in [4.69, 9.17) is 9.47 Å². The Morgan fingerprint density at radius 1 is 0.446 bits per heavy atom. The van der Waals surface area contributed by atoms with Crippen LogP contribution >= 0.6 is 34.0 Å². The number of thiophene rings is 3. The van der Waals surface area contributed by atoms with Crippen LogP contribution in [0.25, 0.3) is 45.4 Å². The average molecular weight is 1200 g/mol. The van der Waals surface area contributed by atoms with Crippen LogP contribution in [0.3, 0.4) is 0 Å². The number of ether oxygens (including phenoxy) is 2. The molecule has 0 saturated carbocycles. The maximum absolute atomic E-state index is 17.2. The molecule has 83 heavy (non-hydrogen) atoms. The van der Waals surface area contributed by atoms with E-state index < -0.39 is 5.82 Å². The molecule has 2 aliphatic rings. The number of aryl methyl sites for hydroxylation is 1. The summed E-state index contributed by atoms with van der Waals surface area (Å²) in [7, 11) is 0. The summed E-state index contributed by atoms with van der Waals surface area (Å²) >= 11 is 4.99. The van der Waals surface area contributed by atoms with Gasteiger partial charge in [-0.05, 0) is 98.4 Å². The Hall–Kier alpha value is -3.74. The molecule has 2 unspecified atom stereocenters. The minimum absolute atomic E-state index is 0.210. The van der Waals surface area contributed by atoms with Gasteiger partial charge in [-0.15, -0.1) is 34.0 Å². The normalized spacial score (nSPS) is 14.6. The Morgan fingerprint density at radius 2 is 0.831 bits per heavy atom. The number of benzene rings is 2. The van der Waals surface area contributed by atoms with Gasteiger partial charge in [0.15, 0.2) is 0 Å². The summed E-state index contributed by atoms with van der Waals surface area (Å²) in [5, 5.41) is 0. The van der Waals surface area contributed by atoms with Gasteiger partial charge in [-0.1, -0.05) is 226 Å². The van der Waals surface area contributed by atoms with Crippen molar-refractivity contribution in [3.8, 4) is 20.9 Å². The molecule has 0 spiro atoms. The third kappa shape index (κ3) is 19.6. The predicted molar refractivity (Wildman–Crippen MR) is 353 cm³/mol. The van der Waals surface area contributed by atoms with Gasteiger partial charge in [0.25, 0.3) is 11.8 Å². The molecule has 2 atom stereocenters. The highest BCUT2D eigenvalue weighted by Gasteiger charge is 2.47. The Morgan fingerprint density at radius 3 is 1.25 bits per heavy atom. The molecule has 0 saturated heterocycles. The number of nitrogens with zero attached hydrogens (tertiary/aromatic N) is 2. The fraction of sp³-hybridized carbons (Fsp3) is 0.639. The maximum atomic E-state index is 17.2. The van der Waals surface area contributed by atoms with Crippen molar-refractivity contribution in [2.24, 2.45) is 11.8 Å². The number of allylic oxidation sites excluding steroid dienone is 1. The molecule has 5 aromatic rings. The monoisotopic (exact) mass is 1190 g/mol. The SMILES string of the molecule is CCCCCCCCCCC(CCCCCCCC)COCCN1C(=O)C2=C(c3ccc(-c4cc5sc6cc(-c7ccc(C)c(F)c7)sc6c5s4)cc3F)N(CCOCC(CCCCCCCC)CCCCCCCCCC)C(=O)C2=C1C. The van der Waals surface area contributed by atoms with E-state index in [0.29, 0.717) is 67.3 Å². The van der Waals surface area contributed by atoms with Gasteiger partial charge in [-0.2, -0.15) is 0 Å². The van der Waals surface area contributed by atoms with Crippen LogP contribution in [-0.2, 0) is 19.1 Å². The molecule has 2 amide bonds. The lowest BCUT2D eigenvalue weighted by atomic mass is 9.94. The van der Waals surface area contributed by atoms with E-state index >= 15 is 4.39 Å². The van der Waals surface area contributed by atoms with Crippen molar-refractivity contribution in [1.82, 2.24) is 9.80 Å². The second-order valence-electron chi connectivity index (χ2n) is 24.5. The number of carbonyl (C=O) groups is 2. The summed E-state index contributed by atoms with van der Waals surface area (Å²) in [6, 6.07) is 14.9. The molecule has 0 aliphatic carbocycles. The zero-order valence-electron chi connectivity index (χ0n) is 52.2. The lowest BCUT2D eigenvalue weighted by Crippen LogP contribution is -2.33. The smallest absolute Gasteiger partial charge is 0.261 e. The third-order valence-electron chi connectivity index (χ3n) is 17.7. The van der Waals surface area contributed by atoms with E-state index in [-0.39, 0.29) is 35.3 Å². The van der Waals surface area contributed by atoms with Gasteiger partial charge in [-0.3, -0.25) is 9.59 Å². The third-order valence-corrected chi connectivity index (χ3v) is 21.6. The van der Waals surface area contributed by atoms with Crippen LogP contribution in [-0.4, -0.2) is 61.1 Å². The number of halogens is 2. The number of carbonyl (C=O) groups excluding carboxylic acids is 2. The number of fused-ring (bicyclic) bond motifs is 4. The molecule has 2 aliphatic heterocycles. The highest BCUT2D eigenvalue weighted by Crippen LogP contribution is 2.49. The Bertz CT molecular complexity index is 2820. The average Bonchev–Trinajstić information content (AvgIpc) is 2.58. The minimum Gasteiger partial charge on any atom is -0.379 e. The second-order valence-corrected chi connectivity index (χ2v) is 27.7. The molecule has 11 heteroatoms. The Labute approximate surface area is 512 Å². The molecule has 7 rings (SSSR count). The first-order chi connectivity index (χ1) is 40.6. The highest BCUT2D eigenvalue weighted by atomic mass is 32.1. The first-order valence-electron chi connectivity index (χ1n) is 33.4. The van der Waals surface area contributed by atoms with E-state index in [1.165, 1.54) is 193 Å². The summed E-state index contributed by atoms with van der Waals surface area (Å²) in [6.45, 7) is 15.3. The quantitative estimate of drug-likeness (QED) is 0.0365. The summed E-state index contributed by atoms with van der Waals surface area (Å²) in [4.78, 5) is 35.0. The molecule has 6 nitrogen and oxygen atoms in total. The van der Waals surface area contributed by atoms with Gasteiger partial charge < -0.3 is 19.3 Å². The first-order valence-corrected chi connectivity index (χ1v) is 35.8. The minimum atomic E-state index is -0.476. The number of amides is 2. The number of hydrogen-bond acceptors (Lipinski definition) is 7. The molecule has 3 aromatic heterocycles. The van der Waals surface area contributed by atoms with Crippen molar-refractivity contribution in [3.63, 3.8) is 0 Å². The Balaban J connectivity index is 1.06. The van der Waals surface area contributed by atoms with Crippen LogP contribution in [0.4, 0.5) is 8.78 Å². The van der Waals surface area contributed by atoms with Gasteiger partial charge in [-0.25, -0.2) is 8.78 Å². The lowest BCUT2D eigenvalue weighted by molar-refractivity contribution is -0.125. The fourth-order valence-electron chi connectivity index (χ4n) is 12.5. The predicted octanol–water partition coefficient (Wildman–Crippen LogP) is 22.6. The van der Waals surface area contributed by atoms with Gasteiger partial charge in [0.2, 0.25) is 0 Å². The van der Waals surface area contributed by atoms with Gasteiger partial charge in [0.05, 0.1) is 39.5 Å². The number of hydrogen-bond donors (Lipinski definition) is 0. The molecule has 5 heterocycles. The molecular weight excluding hydrogens is 1090 g/mol. The molecule has 2 aromatic carbocycles. The van der Waals surface area contributed by atoms with Crippen molar-refractivity contribution in [3.05, 3.63) is 88.1 Å². The summed E-state index contributed by atoms with van der Waals surface area (Å²) in [5.41, 5.74) is 4.07.